The summed E-state index contributed by atoms with van der Waals surface area (Å²) in [7, 11) is 0. The summed E-state index contributed by atoms with van der Waals surface area (Å²) in [6, 6.07) is 0. The third-order valence-electron chi connectivity index (χ3n) is 6.27. The summed E-state index contributed by atoms with van der Waals surface area (Å²) in [6.07, 6.45) is 1.52. The van der Waals surface area contributed by atoms with E-state index in [1.165, 1.54) is 6.92 Å². The SMILES string of the molecule is CC(=O)c1c(C)nn(CCC(=O)N[C@]2(C)CCOC3(CCNCC3)[C@H]2O)c1C. The second-order valence-corrected chi connectivity index (χ2v) is 8.36. The Kier molecular flexibility index (Phi) is 5.93. The first-order chi connectivity index (χ1) is 13.2. The molecule has 8 nitrogen and oxygen atoms in total. The lowest BCUT2D eigenvalue weighted by Crippen LogP contribution is -2.69. The zero-order chi connectivity index (χ0) is 20.5. The average Bonchev–Trinajstić information content (AvgIpc) is 2.92. The zero-order valence-electron chi connectivity index (χ0n) is 17.3. The van der Waals surface area contributed by atoms with Crippen LogP contribution in [0.1, 0.15) is 61.3 Å². The summed E-state index contributed by atoms with van der Waals surface area (Å²) in [4.78, 5) is 24.4. The predicted molar refractivity (Wildman–Crippen MR) is 104 cm³/mol. The summed E-state index contributed by atoms with van der Waals surface area (Å²) in [6.45, 7) is 9.60. The Hall–Kier alpha value is -1.77. The van der Waals surface area contributed by atoms with Gasteiger partial charge in [0.2, 0.25) is 5.91 Å². The van der Waals surface area contributed by atoms with E-state index in [2.05, 4.69) is 15.7 Å². The number of ketones is 1. The van der Waals surface area contributed by atoms with Crippen molar-refractivity contribution in [2.75, 3.05) is 19.7 Å². The minimum absolute atomic E-state index is 0.0178. The van der Waals surface area contributed by atoms with E-state index in [1.807, 2.05) is 13.8 Å². The number of aliphatic hydroxyl groups excluding tert-OH is 1. The number of ether oxygens (including phenoxy) is 1. The van der Waals surface area contributed by atoms with Gasteiger partial charge in [0.05, 0.1) is 22.4 Å². The summed E-state index contributed by atoms with van der Waals surface area (Å²) < 4.78 is 7.70. The molecular formula is C20H32N4O4. The number of carbonyl (C=O) groups is 2. The van der Waals surface area contributed by atoms with Gasteiger partial charge in [-0.1, -0.05) is 0 Å². The summed E-state index contributed by atoms with van der Waals surface area (Å²) >= 11 is 0. The van der Waals surface area contributed by atoms with Gasteiger partial charge in [0.25, 0.3) is 0 Å². The molecule has 0 unspecified atom stereocenters. The van der Waals surface area contributed by atoms with Crippen molar-refractivity contribution in [3.63, 3.8) is 0 Å². The van der Waals surface area contributed by atoms with Crippen molar-refractivity contribution in [2.24, 2.45) is 0 Å². The fourth-order valence-corrected chi connectivity index (χ4v) is 4.67. The molecule has 2 fully saturated rings. The topological polar surface area (TPSA) is 105 Å². The Balaban J connectivity index is 1.64. The summed E-state index contributed by atoms with van der Waals surface area (Å²) in [5.74, 6) is -0.153. The van der Waals surface area contributed by atoms with Gasteiger partial charge in [-0.05, 0) is 60.0 Å². The quantitative estimate of drug-likeness (QED) is 0.642. The highest BCUT2D eigenvalue weighted by atomic mass is 16.5. The number of aliphatic hydroxyl groups is 1. The molecule has 0 saturated carbocycles. The highest BCUT2D eigenvalue weighted by Crippen LogP contribution is 2.38. The van der Waals surface area contributed by atoms with Gasteiger partial charge < -0.3 is 20.5 Å². The first-order valence-electron chi connectivity index (χ1n) is 10.1. The maximum atomic E-state index is 12.7. The van der Waals surface area contributed by atoms with E-state index in [4.69, 9.17) is 4.74 Å². The van der Waals surface area contributed by atoms with Crippen LogP contribution in [0.15, 0.2) is 0 Å². The molecule has 1 aromatic heterocycles. The Bertz CT molecular complexity index is 748. The van der Waals surface area contributed by atoms with E-state index < -0.39 is 17.2 Å². The van der Waals surface area contributed by atoms with E-state index >= 15 is 0 Å². The molecule has 2 aliphatic rings. The number of nitrogens with one attached hydrogen (secondary N) is 2. The smallest absolute Gasteiger partial charge is 0.222 e. The number of piperidine rings is 1. The van der Waals surface area contributed by atoms with Gasteiger partial charge in [-0.25, -0.2) is 0 Å². The van der Waals surface area contributed by atoms with Gasteiger partial charge in [-0.2, -0.15) is 5.10 Å². The lowest BCUT2D eigenvalue weighted by Gasteiger charge is -2.52. The molecule has 156 valence electrons. The first kappa shape index (κ1) is 21.0. The summed E-state index contributed by atoms with van der Waals surface area (Å²) in [5, 5.41) is 21.8. The van der Waals surface area contributed by atoms with Crippen LogP contribution in [0.5, 0.6) is 0 Å². The van der Waals surface area contributed by atoms with Gasteiger partial charge in [-0.15, -0.1) is 0 Å². The van der Waals surface area contributed by atoms with Gasteiger partial charge in [0, 0.05) is 25.3 Å². The van der Waals surface area contributed by atoms with E-state index in [0.717, 1.165) is 31.6 Å². The zero-order valence-corrected chi connectivity index (χ0v) is 17.3. The number of rotatable bonds is 5. The minimum atomic E-state index is -0.752. The molecule has 0 aliphatic carbocycles. The van der Waals surface area contributed by atoms with Crippen molar-refractivity contribution in [2.45, 2.75) is 77.2 Å². The van der Waals surface area contributed by atoms with Crippen LogP contribution < -0.4 is 10.6 Å². The molecule has 1 spiro atoms. The van der Waals surface area contributed by atoms with Crippen LogP contribution in [0.3, 0.4) is 0 Å². The highest BCUT2D eigenvalue weighted by molar-refractivity contribution is 5.96. The standard InChI is InChI=1S/C20H32N4O4/c1-13-17(15(3)25)14(2)24(23-13)11-5-16(26)22-19(4)8-12-28-20(18(19)27)6-9-21-10-7-20/h18,21,27H,5-12H2,1-4H3,(H,22,26)/t18-,19+/m0/s1. The van der Waals surface area contributed by atoms with Gasteiger partial charge in [0.1, 0.15) is 6.10 Å². The second kappa shape index (κ2) is 7.93. The Morgan fingerprint density at radius 2 is 2.00 bits per heavy atom. The van der Waals surface area contributed by atoms with Crippen LogP contribution in [0, 0.1) is 13.8 Å². The Morgan fingerprint density at radius 3 is 2.61 bits per heavy atom. The van der Waals surface area contributed by atoms with E-state index in [-0.39, 0.29) is 18.1 Å². The molecule has 3 rings (SSSR count). The van der Waals surface area contributed by atoms with Crippen molar-refractivity contribution in [3.8, 4) is 0 Å². The predicted octanol–water partition coefficient (Wildman–Crippen LogP) is 0.871. The number of aromatic nitrogens is 2. The molecule has 0 bridgehead atoms. The maximum absolute atomic E-state index is 12.7. The minimum Gasteiger partial charge on any atom is -0.388 e. The first-order valence-corrected chi connectivity index (χ1v) is 10.1. The molecule has 0 radical (unpaired) electrons. The largest absolute Gasteiger partial charge is 0.388 e. The Morgan fingerprint density at radius 1 is 1.32 bits per heavy atom. The van der Waals surface area contributed by atoms with Crippen molar-refractivity contribution < 1.29 is 19.4 Å². The maximum Gasteiger partial charge on any atom is 0.222 e. The van der Waals surface area contributed by atoms with Crippen molar-refractivity contribution in [3.05, 3.63) is 17.0 Å². The number of aryl methyl sites for hydroxylation is 2. The lowest BCUT2D eigenvalue weighted by molar-refractivity contribution is -0.200. The molecule has 3 heterocycles. The van der Waals surface area contributed by atoms with Gasteiger partial charge in [0.15, 0.2) is 5.78 Å². The normalized spacial score (nSPS) is 27.0. The molecule has 28 heavy (non-hydrogen) atoms. The number of hydrogen-bond donors (Lipinski definition) is 3. The molecule has 2 aliphatic heterocycles. The molecule has 1 amide bonds. The number of hydrogen-bond acceptors (Lipinski definition) is 6. The number of nitrogens with zero attached hydrogens (tertiary/aromatic N) is 2. The van der Waals surface area contributed by atoms with Crippen molar-refractivity contribution in [1.29, 1.82) is 0 Å². The molecule has 2 saturated heterocycles. The molecule has 2 atom stereocenters. The van der Waals surface area contributed by atoms with Crippen LogP contribution in [-0.4, -0.2) is 63.5 Å². The van der Waals surface area contributed by atoms with E-state index in [0.29, 0.717) is 30.8 Å². The fraction of sp³-hybridized carbons (Fsp3) is 0.750. The van der Waals surface area contributed by atoms with Crippen molar-refractivity contribution in [1.82, 2.24) is 20.4 Å². The third kappa shape index (κ3) is 3.86. The number of Topliss-reactive ketones (excluding diaryl/α,β-unsaturated/α-hetero) is 1. The second-order valence-electron chi connectivity index (χ2n) is 8.36. The van der Waals surface area contributed by atoms with Crippen LogP contribution in [0.4, 0.5) is 0 Å². The fourth-order valence-electron chi connectivity index (χ4n) is 4.67. The molecule has 0 aromatic carbocycles. The molecule has 3 N–H and O–H groups in total. The van der Waals surface area contributed by atoms with Crippen LogP contribution in [-0.2, 0) is 16.1 Å². The molecule has 8 heteroatoms. The summed E-state index contributed by atoms with van der Waals surface area (Å²) in [5.41, 5.74) is 0.790. The Labute approximate surface area is 166 Å². The van der Waals surface area contributed by atoms with Gasteiger partial charge >= 0.3 is 0 Å². The third-order valence-corrected chi connectivity index (χ3v) is 6.27. The van der Waals surface area contributed by atoms with E-state index in [1.54, 1.807) is 11.6 Å². The number of carbonyl (C=O) groups excluding carboxylic acids is 2. The average molecular weight is 393 g/mol. The molecular weight excluding hydrogens is 360 g/mol. The monoisotopic (exact) mass is 392 g/mol. The highest BCUT2D eigenvalue weighted by Gasteiger charge is 2.52. The van der Waals surface area contributed by atoms with E-state index in [9.17, 15) is 14.7 Å². The van der Waals surface area contributed by atoms with Crippen LogP contribution in [0.2, 0.25) is 0 Å². The van der Waals surface area contributed by atoms with Crippen LogP contribution in [0.25, 0.3) is 0 Å². The van der Waals surface area contributed by atoms with Gasteiger partial charge in [-0.3, -0.25) is 14.3 Å². The number of amides is 1. The van der Waals surface area contributed by atoms with Crippen molar-refractivity contribution >= 4 is 11.7 Å². The molecule has 1 aromatic rings. The lowest BCUT2D eigenvalue weighted by atomic mass is 9.73. The van der Waals surface area contributed by atoms with Crippen LogP contribution >= 0.6 is 0 Å².